The normalized spacial score (nSPS) is 10.4. The van der Waals surface area contributed by atoms with Crippen molar-refractivity contribution in [2.45, 2.75) is 6.92 Å². The summed E-state index contributed by atoms with van der Waals surface area (Å²) in [5, 5.41) is 0. The van der Waals surface area contributed by atoms with Crippen LogP contribution in [-0.2, 0) is 0 Å². The minimum Gasteiger partial charge on any atom is -0.491 e. The molecule has 2 rings (SSSR count). The van der Waals surface area contributed by atoms with E-state index in [-0.39, 0.29) is 17.1 Å². The monoisotopic (exact) mass is 224 g/mol. The standard InChI is InChI=1S/C12H10F2O2/c1-2-15-10-6-5-8(13)11(12(10)14)9-4-3-7-16-9/h3-7H,2H2,1H3. The summed E-state index contributed by atoms with van der Waals surface area (Å²) >= 11 is 0. The van der Waals surface area contributed by atoms with Gasteiger partial charge in [-0.15, -0.1) is 0 Å². The summed E-state index contributed by atoms with van der Waals surface area (Å²) in [6.45, 7) is 2.05. The van der Waals surface area contributed by atoms with Crippen molar-refractivity contribution in [1.29, 1.82) is 0 Å². The molecule has 0 atom stereocenters. The first-order valence-corrected chi connectivity index (χ1v) is 4.88. The first-order valence-electron chi connectivity index (χ1n) is 4.88. The van der Waals surface area contributed by atoms with Crippen LogP contribution in [-0.4, -0.2) is 6.61 Å². The minimum atomic E-state index is -0.739. The van der Waals surface area contributed by atoms with Crippen molar-refractivity contribution >= 4 is 0 Å². The van der Waals surface area contributed by atoms with Crippen molar-refractivity contribution in [3.8, 4) is 17.1 Å². The number of rotatable bonds is 3. The zero-order valence-electron chi connectivity index (χ0n) is 8.67. The van der Waals surface area contributed by atoms with Crippen LogP contribution in [0, 0.1) is 11.6 Å². The quantitative estimate of drug-likeness (QED) is 0.794. The molecular formula is C12H10F2O2. The number of furan rings is 1. The fourth-order valence-electron chi connectivity index (χ4n) is 1.45. The summed E-state index contributed by atoms with van der Waals surface area (Å²) in [6, 6.07) is 5.49. The molecule has 0 radical (unpaired) electrons. The molecule has 0 fully saturated rings. The van der Waals surface area contributed by atoms with E-state index in [9.17, 15) is 8.78 Å². The molecule has 2 nitrogen and oxygen atoms in total. The van der Waals surface area contributed by atoms with E-state index >= 15 is 0 Å². The van der Waals surface area contributed by atoms with Gasteiger partial charge in [0.1, 0.15) is 11.6 Å². The molecule has 2 aromatic rings. The highest BCUT2D eigenvalue weighted by atomic mass is 19.1. The van der Waals surface area contributed by atoms with E-state index in [1.54, 1.807) is 13.0 Å². The van der Waals surface area contributed by atoms with Crippen LogP contribution in [0.5, 0.6) is 5.75 Å². The summed E-state index contributed by atoms with van der Waals surface area (Å²) in [5.74, 6) is -1.24. The fraction of sp³-hybridized carbons (Fsp3) is 0.167. The van der Waals surface area contributed by atoms with Gasteiger partial charge in [0.25, 0.3) is 0 Å². The number of hydrogen-bond acceptors (Lipinski definition) is 2. The van der Waals surface area contributed by atoms with Crippen molar-refractivity contribution < 1.29 is 17.9 Å². The highest BCUT2D eigenvalue weighted by Gasteiger charge is 2.18. The third-order valence-electron chi connectivity index (χ3n) is 2.12. The Balaban J connectivity index is 2.55. The van der Waals surface area contributed by atoms with E-state index in [1.807, 2.05) is 0 Å². The van der Waals surface area contributed by atoms with Crippen LogP contribution in [0.25, 0.3) is 11.3 Å². The van der Waals surface area contributed by atoms with Crippen LogP contribution in [0.4, 0.5) is 8.78 Å². The number of benzene rings is 1. The fourth-order valence-corrected chi connectivity index (χ4v) is 1.45. The lowest BCUT2D eigenvalue weighted by Crippen LogP contribution is -1.98. The molecule has 0 amide bonds. The molecule has 1 heterocycles. The van der Waals surface area contributed by atoms with Crippen LogP contribution in [0.2, 0.25) is 0 Å². The number of hydrogen-bond donors (Lipinski definition) is 0. The Morgan fingerprint density at radius 2 is 2.06 bits per heavy atom. The maximum absolute atomic E-state index is 13.9. The summed E-state index contributed by atoms with van der Waals surface area (Å²) in [5.41, 5.74) is -0.198. The Labute approximate surface area is 91.5 Å². The van der Waals surface area contributed by atoms with Gasteiger partial charge in [0.05, 0.1) is 18.4 Å². The lowest BCUT2D eigenvalue weighted by Gasteiger charge is -2.08. The van der Waals surface area contributed by atoms with Gasteiger partial charge >= 0.3 is 0 Å². The second kappa shape index (κ2) is 4.35. The third kappa shape index (κ3) is 1.78. The first-order chi connectivity index (χ1) is 7.74. The van der Waals surface area contributed by atoms with Crippen LogP contribution in [0.1, 0.15) is 6.92 Å². The minimum absolute atomic E-state index is 0.0234. The molecule has 1 aromatic heterocycles. The average molecular weight is 224 g/mol. The molecule has 0 saturated heterocycles. The van der Waals surface area contributed by atoms with Crippen LogP contribution < -0.4 is 4.74 Å². The smallest absolute Gasteiger partial charge is 0.178 e. The Morgan fingerprint density at radius 1 is 1.25 bits per heavy atom. The highest BCUT2D eigenvalue weighted by Crippen LogP contribution is 2.31. The third-order valence-corrected chi connectivity index (χ3v) is 2.12. The Morgan fingerprint density at radius 3 is 2.69 bits per heavy atom. The van der Waals surface area contributed by atoms with Gasteiger partial charge in [0.2, 0.25) is 0 Å². The zero-order valence-corrected chi connectivity index (χ0v) is 8.67. The molecule has 0 bridgehead atoms. The van der Waals surface area contributed by atoms with Crippen LogP contribution >= 0.6 is 0 Å². The summed E-state index contributed by atoms with van der Waals surface area (Å²) in [4.78, 5) is 0. The Hall–Kier alpha value is -1.84. The van der Waals surface area contributed by atoms with Gasteiger partial charge in [0.15, 0.2) is 11.6 Å². The molecule has 0 N–H and O–H groups in total. The summed E-state index contributed by atoms with van der Waals surface area (Å²) in [7, 11) is 0. The van der Waals surface area contributed by atoms with Gasteiger partial charge in [-0.05, 0) is 31.2 Å². The predicted molar refractivity (Wildman–Crippen MR) is 55.2 cm³/mol. The van der Waals surface area contributed by atoms with Crippen molar-refractivity contribution in [3.05, 3.63) is 42.2 Å². The van der Waals surface area contributed by atoms with E-state index in [2.05, 4.69) is 0 Å². The molecule has 0 saturated carbocycles. The Bertz CT molecular complexity index is 478. The van der Waals surface area contributed by atoms with Crippen LogP contribution in [0.3, 0.4) is 0 Å². The van der Waals surface area contributed by atoms with E-state index in [0.29, 0.717) is 6.61 Å². The summed E-state index contributed by atoms with van der Waals surface area (Å²) < 4.78 is 37.4. The largest absolute Gasteiger partial charge is 0.491 e. The molecule has 4 heteroatoms. The van der Waals surface area contributed by atoms with Gasteiger partial charge in [-0.25, -0.2) is 8.78 Å². The van der Waals surface area contributed by atoms with Crippen molar-refractivity contribution in [2.24, 2.45) is 0 Å². The molecule has 16 heavy (non-hydrogen) atoms. The predicted octanol–water partition coefficient (Wildman–Crippen LogP) is 3.62. The second-order valence-corrected chi connectivity index (χ2v) is 3.14. The van der Waals surface area contributed by atoms with Gasteiger partial charge in [-0.2, -0.15) is 0 Å². The molecular weight excluding hydrogens is 214 g/mol. The lowest BCUT2D eigenvalue weighted by atomic mass is 10.1. The van der Waals surface area contributed by atoms with Crippen molar-refractivity contribution in [2.75, 3.05) is 6.61 Å². The lowest BCUT2D eigenvalue weighted by molar-refractivity contribution is 0.320. The SMILES string of the molecule is CCOc1ccc(F)c(-c2ccco2)c1F. The Kier molecular flexibility index (Phi) is 2.90. The first kappa shape index (κ1) is 10.7. The van der Waals surface area contributed by atoms with Crippen LogP contribution in [0.15, 0.2) is 34.9 Å². The molecule has 84 valence electrons. The van der Waals surface area contributed by atoms with Gasteiger partial charge in [-0.3, -0.25) is 0 Å². The molecule has 0 aliphatic heterocycles. The maximum Gasteiger partial charge on any atom is 0.178 e. The van der Waals surface area contributed by atoms with Gasteiger partial charge < -0.3 is 9.15 Å². The van der Waals surface area contributed by atoms with E-state index in [1.165, 1.54) is 18.4 Å². The summed E-state index contributed by atoms with van der Waals surface area (Å²) in [6.07, 6.45) is 1.36. The number of halogens is 2. The van der Waals surface area contributed by atoms with Gasteiger partial charge in [0, 0.05) is 0 Å². The van der Waals surface area contributed by atoms with Gasteiger partial charge in [-0.1, -0.05) is 0 Å². The van der Waals surface area contributed by atoms with E-state index < -0.39 is 11.6 Å². The van der Waals surface area contributed by atoms with E-state index in [4.69, 9.17) is 9.15 Å². The molecule has 0 aliphatic carbocycles. The topological polar surface area (TPSA) is 22.4 Å². The van der Waals surface area contributed by atoms with Crippen molar-refractivity contribution in [1.82, 2.24) is 0 Å². The number of ether oxygens (including phenoxy) is 1. The highest BCUT2D eigenvalue weighted by molar-refractivity contribution is 5.61. The van der Waals surface area contributed by atoms with Crippen molar-refractivity contribution in [3.63, 3.8) is 0 Å². The molecule has 0 unspecified atom stereocenters. The molecule has 1 aromatic carbocycles. The zero-order chi connectivity index (χ0) is 11.5. The second-order valence-electron chi connectivity index (χ2n) is 3.14. The maximum atomic E-state index is 13.9. The average Bonchev–Trinajstić information content (AvgIpc) is 2.76. The molecule has 0 aliphatic rings. The molecule has 0 spiro atoms. The van der Waals surface area contributed by atoms with E-state index in [0.717, 1.165) is 6.07 Å².